The van der Waals surface area contributed by atoms with Crippen LogP contribution >= 0.6 is 11.3 Å². The Hall–Kier alpha value is -1.62. The molecule has 19 heavy (non-hydrogen) atoms. The highest BCUT2D eigenvalue weighted by atomic mass is 32.1. The third kappa shape index (κ3) is 2.56. The van der Waals surface area contributed by atoms with Gasteiger partial charge in [0.25, 0.3) is 5.91 Å². The topological polar surface area (TPSA) is 46.9 Å². The van der Waals surface area contributed by atoms with Crippen LogP contribution in [0.2, 0.25) is 0 Å². The first-order chi connectivity index (χ1) is 9.15. The predicted molar refractivity (Wildman–Crippen MR) is 75.2 cm³/mol. The molecule has 0 bridgehead atoms. The van der Waals surface area contributed by atoms with Crippen LogP contribution in [-0.2, 0) is 7.05 Å². The van der Waals surface area contributed by atoms with E-state index in [9.17, 15) is 4.79 Å². The van der Waals surface area contributed by atoms with Gasteiger partial charge in [0, 0.05) is 24.3 Å². The molecule has 1 aliphatic carbocycles. The lowest BCUT2D eigenvalue weighted by atomic mass is 10.2. The van der Waals surface area contributed by atoms with E-state index in [0.29, 0.717) is 11.6 Å². The molecule has 0 saturated heterocycles. The average molecular weight is 275 g/mol. The Morgan fingerprint density at radius 1 is 1.58 bits per heavy atom. The van der Waals surface area contributed by atoms with Crippen molar-refractivity contribution in [1.29, 1.82) is 0 Å². The molecule has 1 fully saturated rings. The zero-order valence-electron chi connectivity index (χ0n) is 11.1. The summed E-state index contributed by atoms with van der Waals surface area (Å²) in [7, 11) is 1.88. The summed E-state index contributed by atoms with van der Waals surface area (Å²) in [6, 6.07) is 3.79. The molecule has 1 atom stereocenters. The Bertz CT molecular complexity index is 597. The van der Waals surface area contributed by atoms with Crippen LogP contribution in [-0.4, -0.2) is 15.5 Å². The minimum absolute atomic E-state index is 0.0164. The average Bonchev–Trinajstić information content (AvgIpc) is 2.99. The first kappa shape index (κ1) is 12.4. The van der Waals surface area contributed by atoms with Crippen molar-refractivity contribution in [2.75, 3.05) is 0 Å². The van der Waals surface area contributed by atoms with Crippen LogP contribution in [0.1, 0.15) is 40.1 Å². The third-order valence-electron chi connectivity index (χ3n) is 3.46. The summed E-state index contributed by atoms with van der Waals surface area (Å²) in [5.74, 6) is 0.534. The fraction of sp³-hybridized carbons (Fsp3) is 0.429. The number of carbonyl (C=O) groups excluding carboxylic acids is 1. The lowest BCUT2D eigenvalue weighted by Gasteiger charge is -2.16. The van der Waals surface area contributed by atoms with E-state index >= 15 is 0 Å². The molecule has 0 aliphatic heterocycles. The van der Waals surface area contributed by atoms with Crippen molar-refractivity contribution in [3.8, 4) is 0 Å². The number of thiazole rings is 1. The number of aryl methyl sites for hydroxylation is 2. The summed E-state index contributed by atoms with van der Waals surface area (Å²) < 4.78 is 1.84. The highest BCUT2D eigenvalue weighted by Gasteiger charge is 2.35. The normalized spacial score (nSPS) is 16.3. The summed E-state index contributed by atoms with van der Waals surface area (Å²) >= 11 is 1.64. The third-order valence-corrected chi connectivity index (χ3v) is 4.50. The van der Waals surface area contributed by atoms with Gasteiger partial charge in [-0.3, -0.25) is 4.79 Å². The van der Waals surface area contributed by atoms with Crippen LogP contribution < -0.4 is 5.32 Å². The molecule has 2 aromatic heterocycles. The number of nitrogens with one attached hydrogen (secondary N) is 1. The lowest BCUT2D eigenvalue weighted by Crippen LogP contribution is -2.31. The lowest BCUT2D eigenvalue weighted by molar-refractivity contribution is 0.0923. The highest BCUT2D eigenvalue weighted by Crippen LogP contribution is 2.41. The van der Waals surface area contributed by atoms with Crippen LogP contribution in [0.4, 0.5) is 0 Å². The molecule has 1 N–H and O–H groups in total. The molecule has 0 aromatic carbocycles. The van der Waals surface area contributed by atoms with Gasteiger partial charge in [0.1, 0.15) is 10.7 Å². The van der Waals surface area contributed by atoms with E-state index in [1.54, 1.807) is 11.3 Å². The minimum atomic E-state index is -0.0164. The van der Waals surface area contributed by atoms with Gasteiger partial charge in [0.05, 0.1) is 6.04 Å². The van der Waals surface area contributed by atoms with Crippen molar-refractivity contribution >= 4 is 17.2 Å². The van der Waals surface area contributed by atoms with Crippen molar-refractivity contribution < 1.29 is 4.79 Å². The largest absolute Gasteiger partial charge is 0.347 e. The number of amides is 1. The van der Waals surface area contributed by atoms with Gasteiger partial charge in [-0.05, 0) is 37.8 Å². The zero-order chi connectivity index (χ0) is 13.4. The fourth-order valence-electron chi connectivity index (χ4n) is 2.24. The van der Waals surface area contributed by atoms with E-state index in [2.05, 4.69) is 10.3 Å². The molecule has 0 spiro atoms. The maximum absolute atomic E-state index is 12.3. The number of rotatable bonds is 4. The first-order valence-electron chi connectivity index (χ1n) is 6.49. The molecule has 5 heteroatoms. The van der Waals surface area contributed by atoms with Crippen molar-refractivity contribution in [2.24, 2.45) is 13.0 Å². The molecule has 2 heterocycles. The van der Waals surface area contributed by atoms with Crippen LogP contribution in [0.3, 0.4) is 0 Å². The van der Waals surface area contributed by atoms with Gasteiger partial charge in [0.2, 0.25) is 0 Å². The van der Waals surface area contributed by atoms with Crippen LogP contribution in [0, 0.1) is 12.8 Å². The van der Waals surface area contributed by atoms with E-state index in [0.717, 1.165) is 10.7 Å². The second kappa shape index (κ2) is 4.81. The van der Waals surface area contributed by atoms with E-state index in [1.165, 1.54) is 12.8 Å². The fourth-order valence-corrected chi connectivity index (χ4v) is 3.18. The zero-order valence-corrected chi connectivity index (χ0v) is 11.9. The van der Waals surface area contributed by atoms with E-state index < -0.39 is 0 Å². The monoisotopic (exact) mass is 275 g/mol. The second-order valence-corrected chi connectivity index (χ2v) is 6.01. The first-order valence-corrected chi connectivity index (χ1v) is 7.37. The van der Waals surface area contributed by atoms with Crippen LogP contribution in [0.15, 0.2) is 23.7 Å². The smallest absolute Gasteiger partial charge is 0.268 e. The minimum Gasteiger partial charge on any atom is -0.347 e. The van der Waals surface area contributed by atoms with Gasteiger partial charge in [-0.25, -0.2) is 4.98 Å². The summed E-state index contributed by atoms with van der Waals surface area (Å²) in [5, 5.41) is 6.21. The van der Waals surface area contributed by atoms with Crippen molar-refractivity contribution in [3.63, 3.8) is 0 Å². The maximum atomic E-state index is 12.3. The number of hydrogen-bond acceptors (Lipinski definition) is 3. The molecule has 0 radical (unpaired) electrons. The highest BCUT2D eigenvalue weighted by molar-refractivity contribution is 7.09. The van der Waals surface area contributed by atoms with E-state index in [4.69, 9.17) is 0 Å². The molecule has 3 rings (SSSR count). The molecule has 1 unspecified atom stereocenters. The molecule has 1 aliphatic rings. The van der Waals surface area contributed by atoms with Crippen molar-refractivity contribution in [2.45, 2.75) is 25.8 Å². The van der Waals surface area contributed by atoms with Crippen LogP contribution in [0.25, 0.3) is 0 Å². The van der Waals surface area contributed by atoms with Gasteiger partial charge < -0.3 is 9.88 Å². The quantitative estimate of drug-likeness (QED) is 0.932. The second-order valence-electron chi connectivity index (χ2n) is 5.12. The van der Waals surface area contributed by atoms with Gasteiger partial charge in [0.15, 0.2) is 0 Å². The molecule has 100 valence electrons. The number of aromatic nitrogens is 2. The SMILES string of the molecule is Cc1csc(C(NC(=O)c2cccn2C)C2CC2)n1. The molecule has 1 saturated carbocycles. The molecular weight excluding hydrogens is 258 g/mol. The Kier molecular flexibility index (Phi) is 3.14. The van der Waals surface area contributed by atoms with Gasteiger partial charge in [-0.1, -0.05) is 0 Å². The Labute approximate surface area is 116 Å². The summed E-state index contributed by atoms with van der Waals surface area (Å²) in [6.07, 6.45) is 4.24. The van der Waals surface area contributed by atoms with Gasteiger partial charge >= 0.3 is 0 Å². The predicted octanol–water partition coefficient (Wildman–Crippen LogP) is 2.67. The molecule has 1 amide bonds. The summed E-state index contributed by atoms with van der Waals surface area (Å²) in [5.41, 5.74) is 1.72. The summed E-state index contributed by atoms with van der Waals surface area (Å²) in [4.78, 5) is 16.8. The molecular formula is C14H17N3OS. The Balaban J connectivity index is 1.79. The van der Waals surface area contributed by atoms with E-state index in [-0.39, 0.29) is 11.9 Å². The maximum Gasteiger partial charge on any atom is 0.268 e. The number of carbonyl (C=O) groups is 1. The number of nitrogens with zero attached hydrogens (tertiary/aromatic N) is 2. The summed E-state index contributed by atoms with van der Waals surface area (Å²) in [6.45, 7) is 1.99. The molecule has 2 aromatic rings. The van der Waals surface area contributed by atoms with Gasteiger partial charge in [-0.15, -0.1) is 11.3 Å². The van der Waals surface area contributed by atoms with Crippen molar-refractivity contribution in [3.05, 3.63) is 40.1 Å². The van der Waals surface area contributed by atoms with E-state index in [1.807, 2.05) is 42.2 Å². The Morgan fingerprint density at radius 2 is 2.37 bits per heavy atom. The van der Waals surface area contributed by atoms with Crippen molar-refractivity contribution in [1.82, 2.24) is 14.9 Å². The Morgan fingerprint density at radius 3 is 2.89 bits per heavy atom. The van der Waals surface area contributed by atoms with Gasteiger partial charge in [-0.2, -0.15) is 0 Å². The van der Waals surface area contributed by atoms with Crippen LogP contribution in [0.5, 0.6) is 0 Å². The molecule has 4 nitrogen and oxygen atoms in total. The standard InChI is InChI=1S/C14H17N3OS/c1-9-8-19-14(15-9)12(10-5-6-10)16-13(18)11-4-3-7-17(11)2/h3-4,7-8,10,12H,5-6H2,1-2H3,(H,16,18). The number of hydrogen-bond donors (Lipinski definition) is 1.